The summed E-state index contributed by atoms with van der Waals surface area (Å²) in [7, 11) is 0. The lowest BCUT2D eigenvalue weighted by Crippen LogP contribution is -2.37. The van der Waals surface area contributed by atoms with Gasteiger partial charge in [0.2, 0.25) is 0 Å². The zero-order chi connectivity index (χ0) is 20.4. The number of hydrogen-bond donors (Lipinski definition) is 1. The number of allylic oxidation sites excluding steroid dienone is 4. The molecule has 9 heteroatoms. The number of nitrogens with one attached hydrogen (secondary N) is 1. The Kier molecular flexibility index (Phi) is 4.96. The summed E-state index contributed by atoms with van der Waals surface area (Å²) in [5.41, 5.74) is 1.93. The number of aromatic nitrogens is 3. The highest BCUT2D eigenvalue weighted by Crippen LogP contribution is 2.33. The summed E-state index contributed by atoms with van der Waals surface area (Å²) in [5, 5.41) is 6.30. The Bertz CT molecular complexity index is 984. The minimum Gasteiger partial charge on any atom is -0.348 e. The molecule has 2 aliphatic rings. The molecule has 0 radical (unpaired) electrons. The molecule has 0 saturated carbocycles. The zero-order valence-electron chi connectivity index (χ0n) is 15.6. The van der Waals surface area contributed by atoms with Crippen LogP contribution in [-0.4, -0.2) is 32.7 Å². The van der Waals surface area contributed by atoms with E-state index >= 15 is 0 Å². The maximum atomic E-state index is 12.9. The number of aromatic amines is 1. The maximum absolute atomic E-state index is 12.9. The molecule has 1 atom stereocenters. The van der Waals surface area contributed by atoms with Gasteiger partial charge < -0.3 is 9.88 Å². The van der Waals surface area contributed by atoms with Crippen molar-refractivity contribution in [2.45, 2.75) is 25.6 Å². The SMILES string of the molecule is C/C=C1/C=CC=CN1/N=C/[C@H]1c2nc[nH]c2CCN1c1ccc(C(F)(F)F)cn1. The van der Waals surface area contributed by atoms with Crippen molar-refractivity contribution in [3.05, 3.63) is 77.8 Å². The fourth-order valence-corrected chi connectivity index (χ4v) is 3.35. The molecule has 0 spiro atoms. The summed E-state index contributed by atoms with van der Waals surface area (Å²) in [5.74, 6) is 0.448. The average molecular weight is 400 g/mol. The molecular formula is C20H19F3N6. The Morgan fingerprint density at radius 2 is 2.10 bits per heavy atom. The van der Waals surface area contributed by atoms with Gasteiger partial charge in [-0.25, -0.2) is 15.0 Å². The largest absolute Gasteiger partial charge is 0.417 e. The van der Waals surface area contributed by atoms with Crippen molar-refractivity contribution in [1.82, 2.24) is 20.0 Å². The van der Waals surface area contributed by atoms with Gasteiger partial charge in [-0.15, -0.1) is 0 Å². The van der Waals surface area contributed by atoms with Crippen molar-refractivity contribution < 1.29 is 13.2 Å². The number of rotatable bonds is 3. The lowest BCUT2D eigenvalue weighted by atomic mass is 10.0. The van der Waals surface area contributed by atoms with Crippen LogP contribution in [0.3, 0.4) is 0 Å². The second-order valence-corrected chi connectivity index (χ2v) is 6.58. The molecule has 0 aliphatic carbocycles. The number of nitrogens with zero attached hydrogens (tertiary/aromatic N) is 5. The number of halogens is 3. The van der Waals surface area contributed by atoms with E-state index in [0.29, 0.717) is 18.8 Å². The zero-order valence-corrected chi connectivity index (χ0v) is 15.6. The van der Waals surface area contributed by atoms with Gasteiger partial charge in [0.05, 0.1) is 29.5 Å². The average Bonchev–Trinajstić information content (AvgIpc) is 3.20. The van der Waals surface area contributed by atoms with Gasteiger partial charge in [0.15, 0.2) is 0 Å². The first-order valence-electron chi connectivity index (χ1n) is 9.14. The molecule has 2 aromatic heterocycles. The van der Waals surface area contributed by atoms with E-state index in [2.05, 4.69) is 20.1 Å². The van der Waals surface area contributed by atoms with Crippen LogP contribution >= 0.6 is 0 Å². The number of alkyl halides is 3. The Morgan fingerprint density at radius 3 is 2.83 bits per heavy atom. The number of hydrogen-bond acceptors (Lipinski definition) is 5. The number of hydrazone groups is 1. The Hall–Kier alpha value is -3.36. The van der Waals surface area contributed by atoms with E-state index in [-0.39, 0.29) is 6.04 Å². The van der Waals surface area contributed by atoms with E-state index in [1.807, 2.05) is 42.3 Å². The first kappa shape index (κ1) is 19.0. The van der Waals surface area contributed by atoms with Gasteiger partial charge in [-0.2, -0.15) is 18.3 Å². The van der Waals surface area contributed by atoms with Gasteiger partial charge in [-0.05, 0) is 31.2 Å². The summed E-state index contributed by atoms with van der Waals surface area (Å²) in [6.07, 6.45) is 10.0. The van der Waals surface area contributed by atoms with E-state index < -0.39 is 11.7 Å². The van der Waals surface area contributed by atoms with Gasteiger partial charge >= 0.3 is 6.18 Å². The van der Waals surface area contributed by atoms with Crippen molar-refractivity contribution in [2.75, 3.05) is 11.4 Å². The fraction of sp³-hybridized carbons (Fsp3) is 0.250. The Balaban J connectivity index is 1.65. The molecule has 6 nitrogen and oxygen atoms in total. The molecule has 2 aromatic rings. The molecule has 0 fully saturated rings. The molecule has 4 heterocycles. The normalized spacial score (nSPS) is 20.7. The Labute approximate surface area is 165 Å². The quantitative estimate of drug-likeness (QED) is 0.785. The molecule has 0 saturated heterocycles. The third-order valence-electron chi connectivity index (χ3n) is 4.84. The second kappa shape index (κ2) is 7.57. The van der Waals surface area contributed by atoms with Gasteiger partial charge in [0.1, 0.15) is 11.9 Å². The fourth-order valence-electron chi connectivity index (χ4n) is 3.35. The number of H-pyrrole nitrogens is 1. The summed E-state index contributed by atoms with van der Waals surface area (Å²) < 4.78 is 38.6. The summed E-state index contributed by atoms with van der Waals surface area (Å²) in [4.78, 5) is 13.5. The second-order valence-electron chi connectivity index (χ2n) is 6.58. The molecule has 0 bridgehead atoms. The molecule has 0 unspecified atom stereocenters. The van der Waals surface area contributed by atoms with E-state index in [1.165, 1.54) is 6.07 Å². The molecule has 0 aromatic carbocycles. The predicted molar refractivity (Wildman–Crippen MR) is 104 cm³/mol. The summed E-state index contributed by atoms with van der Waals surface area (Å²) in [6, 6.07) is 2.08. The Morgan fingerprint density at radius 1 is 1.24 bits per heavy atom. The summed E-state index contributed by atoms with van der Waals surface area (Å²) in [6.45, 7) is 2.50. The van der Waals surface area contributed by atoms with Crippen LogP contribution in [0.25, 0.3) is 0 Å². The standard InChI is InChI=1S/C20H19F3N6/c1-2-15-5-3-4-9-29(15)27-12-17-19-16(25-13-26-19)8-10-28(17)18-7-6-14(11-24-18)20(21,22)23/h2-7,9,11-13,17H,8,10H2,1H3,(H,25,26)/b15-2-,27-12+/t17-/m0/s1. The van der Waals surface area contributed by atoms with Crippen LogP contribution in [0.1, 0.15) is 29.9 Å². The number of fused-ring (bicyclic) bond motifs is 1. The van der Waals surface area contributed by atoms with Gasteiger partial charge in [-0.3, -0.25) is 0 Å². The molecule has 0 amide bonds. The van der Waals surface area contributed by atoms with Crippen LogP contribution in [0.15, 0.2) is 66.0 Å². The molecule has 2 aliphatic heterocycles. The van der Waals surface area contributed by atoms with Crippen molar-refractivity contribution in [1.29, 1.82) is 0 Å². The van der Waals surface area contributed by atoms with E-state index in [4.69, 9.17) is 0 Å². The number of imidazole rings is 1. The van der Waals surface area contributed by atoms with Crippen LogP contribution in [-0.2, 0) is 12.6 Å². The smallest absolute Gasteiger partial charge is 0.348 e. The molecule has 1 N–H and O–H groups in total. The predicted octanol–water partition coefficient (Wildman–Crippen LogP) is 4.20. The highest BCUT2D eigenvalue weighted by Gasteiger charge is 2.33. The third-order valence-corrected chi connectivity index (χ3v) is 4.84. The summed E-state index contributed by atoms with van der Waals surface area (Å²) >= 11 is 0. The maximum Gasteiger partial charge on any atom is 0.417 e. The van der Waals surface area contributed by atoms with Crippen LogP contribution in [0, 0.1) is 0 Å². The lowest BCUT2D eigenvalue weighted by molar-refractivity contribution is -0.137. The highest BCUT2D eigenvalue weighted by molar-refractivity contribution is 5.73. The monoisotopic (exact) mass is 400 g/mol. The van der Waals surface area contributed by atoms with Gasteiger partial charge in [-0.1, -0.05) is 12.2 Å². The van der Waals surface area contributed by atoms with Crippen molar-refractivity contribution in [2.24, 2.45) is 5.10 Å². The van der Waals surface area contributed by atoms with E-state index in [1.54, 1.807) is 17.6 Å². The van der Waals surface area contributed by atoms with Crippen LogP contribution in [0.4, 0.5) is 19.0 Å². The van der Waals surface area contributed by atoms with Crippen molar-refractivity contribution >= 4 is 12.0 Å². The lowest BCUT2D eigenvalue weighted by Gasteiger charge is -2.34. The molecular weight excluding hydrogens is 381 g/mol. The minimum atomic E-state index is -4.42. The van der Waals surface area contributed by atoms with Crippen molar-refractivity contribution in [3.8, 4) is 0 Å². The van der Waals surface area contributed by atoms with E-state index in [9.17, 15) is 13.2 Å². The third kappa shape index (κ3) is 3.80. The topological polar surface area (TPSA) is 60.4 Å². The molecule has 29 heavy (non-hydrogen) atoms. The van der Waals surface area contributed by atoms with Crippen LogP contribution < -0.4 is 4.90 Å². The van der Waals surface area contributed by atoms with Crippen LogP contribution in [0.5, 0.6) is 0 Å². The highest BCUT2D eigenvalue weighted by atomic mass is 19.4. The van der Waals surface area contributed by atoms with Gasteiger partial charge in [0, 0.05) is 31.1 Å². The first-order valence-corrected chi connectivity index (χ1v) is 9.14. The molecule has 150 valence electrons. The number of pyridine rings is 1. The van der Waals surface area contributed by atoms with Gasteiger partial charge in [0.25, 0.3) is 0 Å². The van der Waals surface area contributed by atoms with Crippen LogP contribution in [0.2, 0.25) is 0 Å². The van der Waals surface area contributed by atoms with Crippen molar-refractivity contribution in [3.63, 3.8) is 0 Å². The van der Waals surface area contributed by atoms with E-state index in [0.717, 1.165) is 29.3 Å². The molecule has 4 rings (SSSR count). The minimum absolute atomic E-state index is 0.355. The first-order chi connectivity index (χ1) is 14.0. The number of anilines is 1.